The Balaban J connectivity index is 1.71. The molecule has 0 saturated carbocycles. The van der Waals surface area contributed by atoms with E-state index in [4.69, 9.17) is 0 Å². The highest BCUT2D eigenvalue weighted by Gasteiger charge is 2.05. The van der Waals surface area contributed by atoms with Gasteiger partial charge in [0.2, 0.25) is 0 Å². The summed E-state index contributed by atoms with van der Waals surface area (Å²) in [5.41, 5.74) is 5.69. The molecule has 0 spiro atoms. The van der Waals surface area contributed by atoms with Crippen LogP contribution >= 0.6 is 0 Å². The molecule has 108 valence electrons. The van der Waals surface area contributed by atoms with Crippen LogP contribution in [0.5, 0.6) is 0 Å². The van der Waals surface area contributed by atoms with Gasteiger partial charge in [-0.25, -0.2) is 4.98 Å². The highest BCUT2D eigenvalue weighted by Crippen LogP contribution is 2.20. The molecule has 0 amide bonds. The molecule has 0 saturated heterocycles. The molecule has 2 N–H and O–H groups in total. The molecule has 0 atom stereocenters. The van der Waals surface area contributed by atoms with Gasteiger partial charge in [0.05, 0.1) is 11.4 Å². The van der Waals surface area contributed by atoms with Crippen molar-refractivity contribution in [1.82, 2.24) is 15.0 Å². The molecule has 2 aromatic heterocycles. The summed E-state index contributed by atoms with van der Waals surface area (Å²) in [7, 11) is 0. The van der Waals surface area contributed by atoms with Crippen molar-refractivity contribution >= 4 is 16.7 Å². The maximum atomic E-state index is 4.48. The molecule has 1 aromatic carbocycles. The van der Waals surface area contributed by atoms with Crippen molar-refractivity contribution in [3.63, 3.8) is 0 Å². The molecule has 0 fully saturated rings. The smallest absolute Gasteiger partial charge is 0.147 e. The minimum absolute atomic E-state index is 0.847. The Kier molecular flexibility index (Phi) is 3.60. The maximum absolute atomic E-state index is 4.48. The van der Waals surface area contributed by atoms with Gasteiger partial charge in [-0.1, -0.05) is 12.1 Å². The molecule has 21 heavy (non-hydrogen) atoms. The predicted octanol–water partition coefficient (Wildman–Crippen LogP) is 3.54. The van der Waals surface area contributed by atoms with Crippen LogP contribution < -0.4 is 5.32 Å². The summed E-state index contributed by atoms with van der Waals surface area (Å²) < 4.78 is 0. The van der Waals surface area contributed by atoms with E-state index >= 15 is 0 Å². The Morgan fingerprint density at radius 2 is 2.05 bits per heavy atom. The summed E-state index contributed by atoms with van der Waals surface area (Å²) in [5.74, 6) is 0.880. The van der Waals surface area contributed by atoms with Gasteiger partial charge < -0.3 is 10.3 Å². The number of nitrogens with zero attached hydrogens (tertiary/aromatic N) is 2. The first kappa shape index (κ1) is 13.6. The van der Waals surface area contributed by atoms with Crippen LogP contribution in [-0.2, 0) is 6.42 Å². The minimum Gasteiger partial charge on any atom is -0.368 e. The first-order chi connectivity index (χ1) is 10.1. The zero-order valence-electron chi connectivity index (χ0n) is 12.7. The number of benzene rings is 1. The molecule has 0 bridgehead atoms. The number of fused-ring (bicyclic) bond motifs is 1. The Bertz CT molecular complexity index is 774. The Hall–Kier alpha value is -2.36. The average Bonchev–Trinajstić information content (AvgIpc) is 2.85. The lowest BCUT2D eigenvalue weighted by Gasteiger charge is -2.08. The fourth-order valence-electron chi connectivity index (χ4n) is 2.53. The van der Waals surface area contributed by atoms with E-state index in [0.29, 0.717) is 0 Å². The van der Waals surface area contributed by atoms with E-state index in [9.17, 15) is 0 Å². The van der Waals surface area contributed by atoms with E-state index in [2.05, 4.69) is 51.6 Å². The lowest BCUT2D eigenvalue weighted by Crippen LogP contribution is -2.08. The van der Waals surface area contributed by atoms with Crippen LogP contribution in [-0.4, -0.2) is 21.5 Å². The third-order valence-electron chi connectivity index (χ3n) is 3.69. The van der Waals surface area contributed by atoms with Crippen LogP contribution in [0.4, 0.5) is 5.82 Å². The molecular weight excluding hydrogens is 260 g/mol. The van der Waals surface area contributed by atoms with E-state index in [0.717, 1.165) is 30.2 Å². The molecule has 3 rings (SSSR count). The van der Waals surface area contributed by atoms with Crippen LogP contribution in [0.3, 0.4) is 0 Å². The van der Waals surface area contributed by atoms with E-state index in [1.165, 1.54) is 22.0 Å². The zero-order chi connectivity index (χ0) is 14.8. The lowest BCUT2D eigenvalue weighted by atomic mass is 10.1. The quantitative estimate of drug-likeness (QED) is 0.768. The highest BCUT2D eigenvalue weighted by atomic mass is 15.0. The van der Waals surface area contributed by atoms with Gasteiger partial charge in [0, 0.05) is 29.8 Å². The SMILES string of the molecule is Cc1ccc2c(CCNc3nc(C)cnc3C)c[nH]c2c1. The van der Waals surface area contributed by atoms with Crippen LogP contribution in [0.1, 0.15) is 22.5 Å². The normalized spacial score (nSPS) is 11.0. The largest absolute Gasteiger partial charge is 0.368 e. The summed E-state index contributed by atoms with van der Waals surface area (Å²) in [4.78, 5) is 12.1. The molecule has 3 aromatic rings. The second-order valence-corrected chi connectivity index (χ2v) is 5.49. The predicted molar refractivity (Wildman–Crippen MR) is 86.7 cm³/mol. The fourth-order valence-corrected chi connectivity index (χ4v) is 2.53. The molecule has 0 unspecified atom stereocenters. The molecule has 0 aliphatic rings. The number of aryl methyl sites for hydroxylation is 3. The van der Waals surface area contributed by atoms with Crippen LogP contribution in [0.15, 0.2) is 30.6 Å². The summed E-state index contributed by atoms with van der Waals surface area (Å²) in [6.45, 7) is 6.89. The Morgan fingerprint density at radius 1 is 1.19 bits per heavy atom. The maximum Gasteiger partial charge on any atom is 0.147 e. The van der Waals surface area contributed by atoms with Crippen LogP contribution in [0, 0.1) is 20.8 Å². The molecule has 2 heterocycles. The van der Waals surface area contributed by atoms with E-state index in [1.807, 2.05) is 13.8 Å². The Morgan fingerprint density at radius 3 is 2.90 bits per heavy atom. The topological polar surface area (TPSA) is 53.6 Å². The summed E-state index contributed by atoms with van der Waals surface area (Å²) in [6.07, 6.45) is 4.85. The summed E-state index contributed by atoms with van der Waals surface area (Å²) in [6, 6.07) is 6.53. The number of H-pyrrole nitrogens is 1. The van der Waals surface area contributed by atoms with Crippen molar-refractivity contribution in [3.8, 4) is 0 Å². The first-order valence-corrected chi connectivity index (χ1v) is 7.24. The number of aromatic amines is 1. The fraction of sp³-hybridized carbons (Fsp3) is 0.294. The van der Waals surface area contributed by atoms with Gasteiger partial charge in [0.15, 0.2) is 0 Å². The third-order valence-corrected chi connectivity index (χ3v) is 3.69. The first-order valence-electron chi connectivity index (χ1n) is 7.24. The van der Waals surface area contributed by atoms with E-state index < -0.39 is 0 Å². The molecule has 0 aliphatic heterocycles. The standard InChI is InChI=1S/C17H20N4/c1-11-4-5-15-14(10-20-16(15)8-11)6-7-18-17-13(3)19-9-12(2)21-17/h4-5,8-10,20H,6-7H2,1-3H3,(H,18,21). The number of aromatic nitrogens is 3. The third kappa shape index (κ3) is 2.89. The summed E-state index contributed by atoms with van der Waals surface area (Å²) in [5, 5.41) is 4.68. The van der Waals surface area contributed by atoms with E-state index in [1.54, 1.807) is 6.20 Å². The summed E-state index contributed by atoms with van der Waals surface area (Å²) >= 11 is 0. The monoisotopic (exact) mass is 280 g/mol. The number of rotatable bonds is 4. The molecule has 0 aliphatic carbocycles. The molecule has 4 heteroatoms. The number of hydrogen-bond acceptors (Lipinski definition) is 3. The van der Waals surface area contributed by atoms with Crippen molar-refractivity contribution in [2.75, 3.05) is 11.9 Å². The van der Waals surface area contributed by atoms with Crippen molar-refractivity contribution in [2.24, 2.45) is 0 Å². The van der Waals surface area contributed by atoms with Crippen molar-refractivity contribution in [2.45, 2.75) is 27.2 Å². The highest BCUT2D eigenvalue weighted by molar-refractivity contribution is 5.83. The number of nitrogens with one attached hydrogen (secondary N) is 2. The number of anilines is 1. The van der Waals surface area contributed by atoms with Gasteiger partial charge in [0.1, 0.15) is 5.82 Å². The van der Waals surface area contributed by atoms with Gasteiger partial charge in [-0.15, -0.1) is 0 Å². The molecule has 4 nitrogen and oxygen atoms in total. The van der Waals surface area contributed by atoms with Gasteiger partial charge in [-0.05, 0) is 44.4 Å². The average molecular weight is 280 g/mol. The van der Waals surface area contributed by atoms with Gasteiger partial charge in [0.25, 0.3) is 0 Å². The second kappa shape index (κ2) is 5.56. The zero-order valence-corrected chi connectivity index (χ0v) is 12.7. The lowest BCUT2D eigenvalue weighted by molar-refractivity contribution is 0.980. The van der Waals surface area contributed by atoms with Crippen LogP contribution in [0.2, 0.25) is 0 Å². The van der Waals surface area contributed by atoms with Crippen molar-refractivity contribution < 1.29 is 0 Å². The van der Waals surface area contributed by atoms with E-state index in [-0.39, 0.29) is 0 Å². The Labute approximate surface area is 124 Å². The molecular formula is C17H20N4. The molecule has 0 radical (unpaired) electrons. The van der Waals surface area contributed by atoms with Gasteiger partial charge in [-0.3, -0.25) is 4.98 Å². The second-order valence-electron chi connectivity index (χ2n) is 5.49. The van der Waals surface area contributed by atoms with Gasteiger partial charge >= 0.3 is 0 Å². The van der Waals surface area contributed by atoms with Crippen molar-refractivity contribution in [1.29, 1.82) is 0 Å². The number of hydrogen-bond donors (Lipinski definition) is 2. The van der Waals surface area contributed by atoms with Crippen molar-refractivity contribution in [3.05, 3.63) is 53.1 Å². The van der Waals surface area contributed by atoms with Crippen LogP contribution in [0.25, 0.3) is 10.9 Å². The minimum atomic E-state index is 0.847. The van der Waals surface area contributed by atoms with Gasteiger partial charge in [-0.2, -0.15) is 0 Å².